The monoisotopic (exact) mass is 670 g/mol. The first-order valence-corrected chi connectivity index (χ1v) is 17.4. The van der Waals surface area contributed by atoms with Crippen molar-refractivity contribution in [2.24, 2.45) is 17.6 Å². The van der Waals surface area contributed by atoms with Gasteiger partial charge in [0, 0.05) is 24.0 Å². The molecule has 2 heterocycles. The van der Waals surface area contributed by atoms with Crippen LogP contribution in [0.2, 0.25) is 0 Å². The summed E-state index contributed by atoms with van der Waals surface area (Å²) in [7, 11) is 0. The number of amides is 4. The molecule has 262 valence electrons. The summed E-state index contributed by atoms with van der Waals surface area (Å²) in [4.78, 5) is 59.0. The zero-order valence-corrected chi connectivity index (χ0v) is 28.7. The SMILES string of the molecule is CC(C)(C)NC(=O)[C@@H]1C[C@@H]2CCCC[C@@H]2CN1C[C@@H](O)[C@H](Cc1ccccc1)NC(=O)CC(NC(=O)c1ccc2ccccc2n1)C(N)=O. The molecule has 11 heteroatoms. The summed E-state index contributed by atoms with van der Waals surface area (Å²) in [5, 5.41) is 21.2. The molecule has 2 aromatic carbocycles. The summed E-state index contributed by atoms with van der Waals surface area (Å²) in [5.74, 6) is -1.17. The van der Waals surface area contributed by atoms with Crippen LogP contribution in [0.25, 0.3) is 10.9 Å². The Morgan fingerprint density at radius 3 is 2.35 bits per heavy atom. The Labute approximate surface area is 288 Å². The predicted molar refractivity (Wildman–Crippen MR) is 188 cm³/mol. The van der Waals surface area contributed by atoms with E-state index in [0.717, 1.165) is 36.6 Å². The van der Waals surface area contributed by atoms with Gasteiger partial charge in [0.1, 0.15) is 11.7 Å². The Bertz CT molecular complexity index is 1630. The molecule has 1 aliphatic heterocycles. The number of benzene rings is 2. The number of carbonyl (C=O) groups is 4. The molecule has 11 nitrogen and oxygen atoms in total. The standard InChI is InChI=1S/C38H50N6O5/c1-38(2,3)43-37(49)32-20-26-14-7-8-15-27(26)22-44(32)23-33(45)30(19-24-11-5-4-6-12-24)41-34(46)21-31(35(39)47)42-36(48)29-18-17-25-13-9-10-16-28(25)40-29/h4-6,9-13,16-18,26-27,30-33,45H,7-8,14-15,19-23H2,1-3H3,(H2,39,47)(H,41,46)(H,42,48)(H,43,49)/t26-,27+,30-,31?,32-,33+/m0/s1. The molecule has 0 radical (unpaired) electrons. The van der Waals surface area contributed by atoms with E-state index in [0.29, 0.717) is 30.3 Å². The topological polar surface area (TPSA) is 167 Å². The van der Waals surface area contributed by atoms with E-state index >= 15 is 0 Å². The molecule has 4 amide bonds. The lowest BCUT2D eigenvalue weighted by Crippen LogP contribution is -2.60. The fourth-order valence-corrected chi connectivity index (χ4v) is 7.24. The largest absolute Gasteiger partial charge is 0.390 e. The number of aromatic nitrogens is 1. The maximum Gasteiger partial charge on any atom is 0.270 e. The summed E-state index contributed by atoms with van der Waals surface area (Å²) in [5.41, 5.74) is 6.85. The van der Waals surface area contributed by atoms with Crippen LogP contribution in [0.3, 0.4) is 0 Å². The third-order valence-electron chi connectivity index (χ3n) is 9.70. The second-order valence-electron chi connectivity index (χ2n) is 14.7. The molecule has 2 fully saturated rings. The molecule has 0 spiro atoms. The number of nitrogens with one attached hydrogen (secondary N) is 3. The Balaban J connectivity index is 1.30. The van der Waals surface area contributed by atoms with Crippen molar-refractivity contribution in [3.8, 4) is 0 Å². The lowest BCUT2D eigenvalue weighted by Gasteiger charge is -2.47. The van der Waals surface area contributed by atoms with E-state index < -0.39 is 47.9 Å². The van der Waals surface area contributed by atoms with Crippen molar-refractivity contribution >= 4 is 34.5 Å². The number of piperidine rings is 1. The minimum Gasteiger partial charge on any atom is -0.390 e. The summed E-state index contributed by atoms with van der Waals surface area (Å²) >= 11 is 0. The third kappa shape index (κ3) is 9.86. The van der Waals surface area contributed by atoms with Crippen LogP contribution in [0.15, 0.2) is 66.7 Å². The van der Waals surface area contributed by atoms with Gasteiger partial charge in [-0.15, -0.1) is 0 Å². The van der Waals surface area contributed by atoms with E-state index in [9.17, 15) is 24.3 Å². The highest BCUT2D eigenvalue weighted by molar-refractivity contribution is 5.98. The molecule has 0 bridgehead atoms. The number of aliphatic hydroxyl groups excluding tert-OH is 1. The minimum absolute atomic E-state index is 0.0479. The van der Waals surface area contributed by atoms with E-state index in [-0.39, 0.29) is 24.2 Å². The van der Waals surface area contributed by atoms with Crippen LogP contribution < -0.4 is 21.7 Å². The van der Waals surface area contributed by atoms with Crippen molar-refractivity contribution in [2.45, 2.75) is 95.5 Å². The van der Waals surface area contributed by atoms with Crippen molar-refractivity contribution in [3.63, 3.8) is 0 Å². The molecule has 1 saturated carbocycles. The molecule has 1 saturated heterocycles. The van der Waals surface area contributed by atoms with Gasteiger partial charge in [0.25, 0.3) is 5.91 Å². The molecule has 49 heavy (non-hydrogen) atoms. The number of nitrogens with zero attached hydrogens (tertiary/aromatic N) is 2. The van der Waals surface area contributed by atoms with E-state index in [4.69, 9.17) is 5.73 Å². The van der Waals surface area contributed by atoms with Crippen LogP contribution in [-0.4, -0.2) is 81.5 Å². The number of aliphatic hydroxyl groups is 1. The Hall–Kier alpha value is -4.35. The van der Waals surface area contributed by atoms with Gasteiger partial charge in [-0.25, -0.2) is 4.98 Å². The number of likely N-dealkylation sites (tertiary alicyclic amines) is 1. The van der Waals surface area contributed by atoms with Crippen LogP contribution in [0.4, 0.5) is 0 Å². The lowest BCUT2D eigenvalue weighted by molar-refractivity contribution is -0.133. The number of carbonyl (C=O) groups excluding carboxylic acids is 4. The number of β-amino-alcohol motifs (C(OH)–C–C–N with tert-alkyl or cyclic N) is 1. The zero-order chi connectivity index (χ0) is 35.1. The Morgan fingerprint density at radius 2 is 1.63 bits per heavy atom. The molecule has 6 atom stereocenters. The van der Waals surface area contributed by atoms with Gasteiger partial charge in [0.05, 0.1) is 30.1 Å². The molecular weight excluding hydrogens is 620 g/mol. The number of para-hydroxylation sites is 1. The number of hydrogen-bond donors (Lipinski definition) is 5. The van der Waals surface area contributed by atoms with Gasteiger partial charge in [-0.1, -0.05) is 73.9 Å². The fourth-order valence-electron chi connectivity index (χ4n) is 7.24. The van der Waals surface area contributed by atoms with Crippen LogP contribution in [0.1, 0.15) is 75.3 Å². The quantitative estimate of drug-likeness (QED) is 0.198. The Kier molecular flexibility index (Phi) is 11.7. The maximum absolute atomic E-state index is 13.6. The number of primary amides is 1. The van der Waals surface area contributed by atoms with Gasteiger partial charge in [-0.3, -0.25) is 24.1 Å². The molecule has 1 unspecified atom stereocenters. The van der Waals surface area contributed by atoms with Gasteiger partial charge in [-0.2, -0.15) is 0 Å². The molecule has 3 aromatic rings. The first-order chi connectivity index (χ1) is 23.4. The van der Waals surface area contributed by atoms with Gasteiger partial charge < -0.3 is 26.8 Å². The van der Waals surface area contributed by atoms with Crippen molar-refractivity contribution < 1.29 is 24.3 Å². The third-order valence-corrected chi connectivity index (χ3v) is 9.70. The average molecular weight is 671 g/mol. The van der Waals surface area contributed by atoms with E-state index in [1.54, 1.807) is 18.2 Å². The molecular formula is C38H50N6O5. The zero-order valence-electron chi connectivity index (χ0n) is 28.7. The first kappa shape index (κ1) is 35.9. The van der Waals surface area contributed by atoms with Crippen molar-refractivity contribution in [1.82, 2.24) is 25.8 Å². The van der Waals surface area contributed by atoms with Crippen molar-refractivity contribution in [3.05, 3.63) is 78.0 Å². The highest BCUT2D eigenvalue weighted by Crippen LogP contribution is 2.39. The van der Waals surface area contributed by atoms with E-state index in [2.05, 4.69) is 25.8 Å². The Morgan fingerprint density at radius 1 is 0.939 bits per heavy atom. The van der Waals surface area contributed by atoms with Gasteiger partial charge >= 0.3 is 0 Å². The van der Waals surface area contributed by atoms with E-state index in [1.807, 2.05) is 69.3 Å². The van der Waals surface area contributed by atoms with Crippen LogP contribution in [0, 0.1) is 11.8 Å². The predicted octanol–water partition coefficient (Wildman–Crippen LogP) is 3.09. The normalized spacial score (nSPS) is 21.5. The fraction of sp³-hybridized carbons (Fsp3) is 0.500. The molecule has 2 aliphatic rings. The van der Waals surface area contributed by atoms with Crippen molar-refractivity contribution in [1.29, 1.82) is 0 Å². The molecule has 1 aliphatic carbocycles. The number of pyridine rings is 1. The van der Waals surface area contributed by atoms with E-state index in [1.165, 1.54) is 6.42 Å². The van der Waals surface area contributed by atoms with Crippen molar-refractivity contribution in [2.75, 3.05) is 13.1 Å². The number of fused-ring (bicyclic) bond motifs is 2. The highest BCUT2D eigenvalue weighted by Gasteiger charge is 2.42. The number of nitrogens with two attached hydrogens (primary N) is 1. The maximum atomic E-state index is 13.6. The molecule has 6 N–H and O–H groups in total. The second kappa shape index (κ2) is 15.9. The number of hydrogen-bond acceptors (Lipinski definition) is 7. The lowest BCUT2D eigenvalue weighted by atomic mass is 9.72. The summed E-state index contributed by atoms with van der Waals surface area (Å²) in [6, 6.07) is 17.7. The van der Waals surface area contributed by atoms with Crippen LogP contribution in [-0.2, 0) is 20.8 Å². The second-order valence-corrected chi connectivity index (χ2v) is 14.7. The summed E-state index contributed by atoms with van der Waals surface area (Å²) < 4.78 is 0. The highest BCUT2D eigenvalue weighted by atomic mass is 16.3. The summed E-state index contributed by atoms with van der Waals surface area (Å²) in [6.45, 7) is 6.77. The van der Waals surface area contributed by atoms with Crippen LogP contribution in [0.5, 0.6) is 0 Å². The van der Waals surface area contributed by atoms with Gasteiger partial charge in [-0.05, 0) is 69.6 Å². The minimum atomic E-state index is -1.30. The smallest absolute Gasteiger partial charge is 0.270 e. The van der Waals surface area contributed by atoms with Crippen LogP contribution >= 0.6 is 0 Å². The molecule has 1 aromatic heterocycles. The van der Waals surface area contributed by atoms with Gasteiger partial charge in [0.2, 0.25) is 17.7 Å². The molecule has 5 rings (SSSR count). The average Bonchev–Trinajstić information content (AvgIpc) is 3.06. The van der Waals surface area contributed by atoms with Gasteiger partial charge in [0.15, 0.2) is 0 Å². The summed E-state index contributed by atoms with van der Waals surface area (Å²) in [6.07, 6.45) is 4.16. The first-order valence-electron chi connectivity index (χ1n) is 17.4. The number of rotatable bonds is 12.